The highest BCUT2D eigenvalue weighted by molar-refractivity contribution is 9.10. The maximum Gasteiger partial charge on any atom is 0.337 e. The van der Waals surface area contributed by atoms with Crippen molar-refractivity contribution in [3.05, 3.63) is 33.8 Å². The van der Waals surface area contributed by atoms with Gasteiger partial charge in [0.2, 0.25) is 0 Å². The van der Waals surface area contributed by atoms with Gasteiger partial charge in [-0.3, -0.25) is 4.79 Å². The highest BCUT2D eigenvalue weighted by Gasteiger charge is 2.18. The van der Waals surface area contributed by atoms with Crippen molar-refractivity contribution >= 4 is 27.9 Å². The first kappa shape index (κ1) is 15.7. The van der Waals surface area contributed by atoms with Crippen LogP contribution in [0.3, 0.4) is 0 Å². The molecule has 0 heterocycles. The van der Waals surface area contributed by atoms with Gasteiger partial charge in [-0.25, -0.2) is 4.79 Å². The van der Waals surface area contributed by atoms with Gasteiger partial charge < -0.3 is 9.47 Å². The Labute approximate surface area is 121 Å². The summed E-state index contributed by atoms with van der Waals surface area (Å²) in [4.78, 5) is 23.2. The van der Waals surface area contributed by atoms with Crippen molar-refractivity contribution in [1.29, 1.82) is 0 Å². The highest BCUT2D eigenvalue weighted by atomic mass is 79.9. The number of halogens is 1. The summed E-state index contributed by atoms with van der Waals surface area (Å²) in [6, 6.07) is 4.97. The van der Waals surface area contributed by atoms with Crippen LogP contribution < -0.4 is 0 Å². The highest BCUT2D eigenvalue weighted by Crippen LogP contribution is 2.21. The van der Waals surface area contributed by atoms with E-state index in [4.69, 9.17) is 4.74 Å². The maximum atomic E-state index is 11.8. The molecule has 0 unspecified atom stereocenters. The van der Waals surface area contributed by atoms with Crippen molar-refractivity contribution < 1.29 is 19.1 Å². The Bertz CT molecular complexity index is 489. The van der Waals surface area contributed by atoms with Gasteiger partial charge in [0.25, 0.3) is 0 Å². The van der Waals surface area contributed by atoms with Crippen LogP contribution in [0, 0.1) is 0 Å². The van der Waals surface area contributed by atoms with Crippen LogP contribution in [-0.4, -0.2) is 24.6 Å². The molecular weight excluding hydrogens is 312 g/mol. The predicted molar refractivity (Wildman–Crippen MR) is 75.0 cm³/mol. The van der Waals surface area contributed by atoms with Crippen LogP contribution in [0.15, 0.2) is 22.7 Å². The van der Waals surface area contributed by atoms with Crippen LogP contribution in [0.2, 0.25) is 0 Å². The van der Waals surface area contributed by atoms with Gasteiger partial charge in [0, 0.05) is 4.47 Å². The number of hydrogen-bond donors (Lipinski definition) is 0. The molecule has 5 heteroatoms. The lowest BCUT2D eigenvalue weighted by Crippen LogP contribution is -2.25. The van der Waals surface area contributed by atoms with E-state index in [-0.39, 0.29) is 12.4 Å². The second-order valence-corrected chi connectivity index (χ2v) is 5.92. The molecule has 0 saturated carbocycles. The van der Waals surface area contributed by atoms with Gasteiger partial charge >= 0.3 is 11.9 Å². The van der Waals surface area contributed by atoms with Gasteiger partial charge in [-0.1, -0.05) is 15.9 Å². The van der Waals surface area contributed by atoms with Crippen LogP contribution in [0.4, 0.5) is 0 Å². The van der Waals surface area contributed by atoms with E-state index in [2.05, 4.69) is 20.7 Å². The van der Waals surface area contributed by atoms with Gasteiger partial charge in [-0.2, -0.15) is 0 Å². The quantitative estimate of drug-likeness (QED) is 0.800. The van der Waals surface area contributed by atoms with Crippen molar-refractivity contribution in [1.82, 2.24) is 0 Å². The predicted octanol–water partition coefficient (Wildman–Crippen LogP) is 3.12. The van der Waals surface area contributed by atoms with Gasteiger partial charge in [0.05, 0.1) is 19.1 Å². The zero-order chi connectivity index (χ0) is 14.6. The molecule has 0 spiro atoms. The molecular formula is C14H17BrO4. The van der Waals surface area contributed by atoms with Gasteiger partial charge in [-0.15, -0.1) is 0 Å². The van der Waals surface area contributed by atoms with E-state index in [0.717, 1.165) is 4.47 Å². The third-order valence-corrected chi connectivity index (χ3v) is 3.00. The Morgan fingerprint density at radius 3 is 2.42 bits per heavy atom. The van der Waals surface area contributed by atoms with Gasteiger partial charge in [0.15, 0.2) is 0 Å². The van der Waals surface area contributed by atoms with Crippen molar-refractivity contribution in [2.24, 2.45) is 0 Å². The zero-order valence-electron chi connectivity index (χ0n) is 11.5. The number of hydrogen-bond acceptors (Lipinski definition) is 4. The van der Waals surface area contributed by atoms with E-state index in [0.29, 0.717) is 11.1 Å². The van der Waals surface area contributed by atoms with Crippen molar-refractivity contribution in [3.8, 4) is 0 Å². The second kappa shape index (κ2) is 6.19. The Kier molecular flexibility index (Phi) is 5.11. The Hall–Kier alpha value is -1.36. The molecule has 1 aromatic rings. The molecule has 4 nitrogen and oxygen atoms in total. The molecule has 1 rings (SSSR count). The molecule has 0 amide bonds. The van der Waals surface area contributed by atoms with E-state index >= 15 is 0 Å². The van der Waals surface area contributed by atoms with E-state index in [1.165, 1.54) is 7.11 Å². The molecule has 0 atom stereocenters. The molecule has 0 aromatic heterocycles. The van der Waals surface area contributed by atoms with E-state index < -0.39 is 11.6 Å². The smallest absolute Gasteiger partial charge is 0.337 e. The molecule has 0 N–H and O–H groups in total. The van der Waals surface area contributed by atoms with Crippen LogP contribution in [-0.2, 0) is 20.7 Å². The fourth-order valence-corrected chi connectivity index (χ4v) is 1.87. The third-order valence-electron chi connectivity index (χ3n) is 2.22. The minimum absolute atomic E-state index is 0.0999. The molecule has 0 bridgehead atoms. The monoisotopic (exact) mass is 328 g/mol. The minimum Gasteiger partial charge on any atom is -0.465 e. The average Bonchev–Trinajstić information content (AvgIpc) is 2.28. The first-order valence-corrected chi connectivity index (χ1v) is 6.61. The van der Waals surface area contributed by atoms with Crippen molar-refractivity contribution in [2.45, 2.75) is 32.8 Å². The first-order chi connectivity index (χ1) is 8.73. The van der Waals surface area contributed by atoms with E-state index in [1.54, 1.807) is 18.2 Å². The number of carbonyl (C=O) groups is 2. The number of methoxy groups -OCH3 is 1. The summed E-state index contributed by atoms with van der Waals surface area (Å²) in [7, 11) is 1.32. The molecule has 0 aliphatic rings. The molecule has 0 aliphatic carbocycles. The summed E-state index contributed by atoms with van der Waals surface area (Å²) in [5, 5.41) is 0. The first-order valence-electron chi connectivity index (χ1n) is 5.81. The summed E-state index contributed by atoms with van der Waals surface area (Å²) in [5.41, 5.74) is 0.574. The molecule has 104 valence electrons. The zero-order valence-corrected chi connectivity index (χ0v) is 13.0. The number of esters is 2. The maximum absolute atomic E-state index is 11.8. The fourth-order valence-electron chi connectivity index (χ4n) is 1.49. The normalized spacial score (nSPS) is 11.0. The molecule has 0 aliphatic heterocycles. The van der Waals surface area contributed by atoms with E-state index in [1.807, 2.05) is 20.8 Å². The van der Waals surface area contributed by atoms with Crippen LogP contribution in [0.1, 0.15) is 36.7 Å². The fraction of sp³-hybridized carbons (Fsp3) is 0.429. The second-order valence-electron chi connectivity index (χ2n) is 5.06. The average molecular weight is 329 g/mol. The topological polar surface area (TPSA) is 52.6 Å². The van der Waals surface area contributed by atoms with Gasteiger partial charge in [0.1, 0.15) is 5.60 Å². The molecule has 0 fully saturated rings. The Morgan fingerprint density at radius 2 is 1.89 bits per heavy atom. The number of benzene rings is 1. The lowest BCUT2D eigenvalue weighted by molar-refractivity contribution is -0.153. The van der Waals surface area contributed by atoms with Crippen molar-refractivity contribution in [3.63, 3.8) is 0 Å². The third kappa shape index (κ3) is 5.03. The Morgan fingerprint density at radius 1 is 1.26 bits per heavy atom. The van der Waals surface area contributed by atoms with Gasteiger partial charge in [-0.05, 0) is 44.5 Å². The number of carbonyl (C=O) groups excluding carboxylic acids is 2. The summed E-state index contributed by atoms with van der Waals surface area (Å²) >= 11 is 3.35. The lowest BCUT2D eigenvalue weighted by atomic mass is 10.1. The lowest BCUT2D eigenvalue weighted by Gasteiger charge is -2.19. The largest absolute Gasteiger partial charge is 0.465 e. The van der Waals surface area contributed by atoms with Crippen LogP contribution >= 0.6 is 15.9 Å². The summed E-state index contributed by atoms with van der Waals surface area (Å²) < 4.78 is 10.6. The molecule has 1 aromatic carbocycles. The molecule has 0 saturated heterocycles. The number of rotatable bonds is 3. The summed E-state index contributed by atoms with van der Waals surface area (Å²) in [5.74, 6) is -0.770. The molecule has 19 heavy (non-hydrogen) atoms. The van der Waals surface area contributed by atoms with Crippen molar-refractivity contribution in [2.75, 3.05) is 7.11 Å². The summed E-state index contributed by atoms with van der Waals surface area (Å²) in [6.07, 6.45) is 0.0999. The Balaban J connectivity index is 2.88. The van der Waals surface area contributed by atoms with E-state index in [9.17, 15) is 9.59 Å². The van der Waals surface area contributed by atoms with Crippen LogP contribution in [0.25, 0.3) is 0 Å². The minimum atomic E-state index is -0.524. The standard InChI is InChI=1S/C14H17BrO4/c1-14(2,3)19-12(16)8-10-7-9(13(17)18-4)5-6-11(10)15/h5-7H,8H2,1-4H3. The summed E-state index contributed by atoms with van der Waals surface area (Å²) in [6.45, 7) is 5.43. The van der Waals surface area contributed by atoms with Crippen LogP contribution in [0.5, 0.6) is 0 Å². The number of ether oxygens (including phenoxy) is 2. The SMILES string of the molecule is COC(=O)c1ccc(Br)c(CC(=O)OC(C)(C)C)c1. The molecule has 0 radical (unpaired) electrons.